The van der Waals surface area contributed by atoms with Crippen molar-refractivity contribution in [2.45, 2.75) is 26.3 Å². The van der Waals surface area contributed by atoms with Gasteiger partial charge in [0.2, 0.25) is 0 Å². The summed E-state index contributed by atoms with van der Waals surface area (Å²) < 4.78 is 12.4. The Kier molecular flexibility index (Phi) is 6.43. The second-order valence-electron chi connectivity index (χ2n) is 6.38. The molecule has 0 saturated carbocycles. The van der Waals surface area contributed by atoms with Gasteiger partial charge >= 0.3 is 5.97 Å². The average molecular weight is 402 g/mol. The number of thiophene rings is 1. The van der Waals surface area contributed by atoms with Crippen LogP contribution in [0.25, 0.3) is 10.2 Å². The number of fused-ring (bicyclic) bond motifs is 1. The van der Waals surface area contributed by atoms with Gasteiger partial charge in [0.1, 0.15) is 16.4 Å². The average Bonchev–Trinajstić information content (AvgIpc) is 3.09. The predicted molar refractivity (Wildman–Crippen MR) is 108 cm³/mol. The van der Waals surface area contributed by atoms with Crippen LogP contribution in [0.5, 0.6) is 5.75 Å². The zero-order chi connectivity index (χ0) is 20.1. The molecule has 0 unspecified atom stereocenters. The minimum absolute atomic E-state index is 0.000511. The summed E-state index contributed by atoms with van der Waals surface area (Å²) >= 11 is 1.17. The van der Waals surface area contributed by atoms with Gasteiger partial charge in [0.05, 0.1) is 24.2 Å². The fraction of sp³-hybridized carbons (Fsp3) is 0.350. The molecule has 0 aliphatic heterocycles. The number of carbonyl (C=O) groups is 1. The zero-order valence-electron chi connectivity index (χ0n) is 15.8. The Morgan fingerprint density at radius 3 is 2.86 bits per heavy atom. The number of carboxylic acids is 1. The monoisotopic (exact) mass is 402 g/mol. The standard InChI is InChI=1S/C20H22N2O5S/c1-13-5-3-6-14(11-13)27-9-4-8-22-16(7-10-26-2)21-18-17(19(22)23)15(12-28-18)20(24)25/h3,5-6,11-12H,4,7-10H2,1-2H3,(H,24,25). The molecule has 7 nitrogen and oxygen atoms in total. The number of methoxy groups -OCH3 is 1. The molecule has 2 aromatic heterocycles. The lowest BCUT2D eigenvalue weighted by Crippen LogP contribution is -2.27. The van der Waals surface area contributed by atoms with Crippen LogP contribution in [0.1, 0.15) is 28.2 Å². The van der Waals surface area contributed by atoms with Crippen LogP contribution in [-0.4, -0.2) is 41.0 Å². The molecule has 1 N–H and O–H groups in total. The van der Waals surface area contributed by atoms with Gasteiger partial charge in [-0.1, -0.05) is 12.1 Å². The lowest BCUT2D eigenvalue weighted by molar-refractivity contribution is 0.0699. The number of hydrogen-bond acceptors (Lipinski definition) is 6. The molecular formula is C20H22N2O5S. The molecule has 0 amide bonds. The number of aromatic nitrogens is 2. The summed E-state index contributed by atoms with van der Waals surface area (Å²) in [5.41, 5.74) is 0.787. The van der Waals surface area contributed by atoms with Crippen LogP contribution >= 0.6 is 11.3 Å². The van der Waals surface area contributed by atoms with Gasteiger partial charge in [-0.25, -0.2) is 9.78 Å². The van der Waals surface area contributed by atoms with Crippen LogP contribution in [0, 0.1) is 6.92 Å². The Balaban J connectivity index is 1.82. The maximum absolute atomic E-state index is 13.0. The maximum atomic E-state index is 13.0. The van der Waals surface area contributed by atoms with E-state index in [1.807, 2.05) is 31.2 Å². The predicted octanol–water partition coefficient (Wildman–Crippen LogP) is 3.12. The molecule has 0 spiro atoms. The molecular weight excluding hydrogens is 380 g/mol. The summed E-state index contributed by atoms with van der Waals surface area (Å²) in [6, 6.07) is 7.77. The highest BCUT2D eigenvalue weighted by Gasteiger charge is 2.19. The van der Waals surface area contributed by atoms with E-state index in [0.717, 1.165) is 11.3 Å². The van der Waals surface area contributed by atoms with E-state index >= 15 is 0 Å². The summed E-state index contributed by atoms with van der Waals surface area (Å²) in [5, 5.41) is 11.0. The third kappa shape index (κ3) is 4.40. The highest BCUT2D eigenvalue weighted by Crippen LogP contribution is 2.22. The molecule has 0 aliphatic carbocycles. The van der Waals surface area contributed by atoms with E-state index in [0.29, 0.717) is 43.3 Å². The SMILES string of the molecule is COCCc1nc2scc(C(=O)O)c2c(=O)n1CCCOc1cccc(C)c1. The summed E-state index contributed by atoms with van der Waals surface area (Å²) in [6.07, 6.45) is 1.06. The number of ether oxygens (including phenoxy) is 2. The Bertz CT molecular complexity index is 1040. The molecule has 148 valence electrons. The van der Waals surface area contributed by atoms with E-state index in [1.54, 1.807) is 11.7 Å². The zero-order valence-corrected chi connectivity index (χ0v) is 16.6. The van der Waals surface area contributed by atoms with E-state index in [2.05, 4.69) is 4.98 Å². The van der Waals surface area contributed by atoms with Crippen molar-refractivity contribution in [2.75, 3.05) is 20.3 Å². The van der Waals surface area contributed by atoms with Crippen LogP contribution in [0.15, 0.2) is 34.4 Å². The van der Waals surface area contributed by atoms with Gasteiger partial charge < -0.3 is 14.6 Å². The quantitative estimate of drug-likeness (QED) is 0.553. The Morgan fingerprint density at radius 1 is 1.32 bits per heavy atom. The smallest absolute Gasteiger partial charge is 0.337 e. The van der Waals surface area contributed by atoms with E-state index in [9.17, 15) is 14.7 Å². The lowest BCUT2D eigenvalue weighted by atomic mass is 10.2. The molecule has 0 saturated heterocycles. The molecule has 1 aromatic carbocycles. The normalized spacial score (nSPS) is 11.1. The summed E-state index contributed by atoms with van der Waals surface area (Å²) in [6.45, 7) is 3.25. The number of nitrogens with zero attached hydrogens (tertiary/aromatic N) is 2. The van der Waals surface area contributed by atoms with E-state index < -0.39 is 5.97 Å². The van der Waals surface area contributed by atoms with Gasteiger partial charge in [-0.15, -0.1) is 11.3 Å². The summed E-state index contributed by atoms with van der Waals surface area (Å²) in [7, 11) is 1.59. The fourth-order valence-corrected chi connectivity index (χ4v) is 3.88. The number of rotatable bonds is 9. The topological polar surface area (TPSA) is 90.7 Å². The van der Waals surface area contributed by atoms with Gasteiger partial charge in [0.25, 0.3) is 5.56 Å². The van der Waals surface area contributed by atoms with Crippen molar-refractivity contribution in [2.24, 2.45) is 0 Å². The van der Waals surface area contributed by atoms with E-state index in [-0.39, 0.29) is 16.5 Å². The molecule has 0 bridgehead atoms. The second kappa shape index (κ2) is 8.99. The molecule has 2 heterocycles. The van der Waals surface area contributed by atoms with Gasteiger partial charge in [0, 0.05) is 25.5 Å². The van der Waals surface area contributed by atoms with Crippen LogP contribution in [-0.2, 0) is 17.7 Å². The van der Waals surface area contributed by atoms with Crippen LogP contribution < -0.4 is 10.3 Å². The van der Waals surface area contributed by atoms with Crippen molar-refractivity contribution in [3.05, 3.63) is 57.0 Å². The third-order valence-electron chi connectivity index (χ3n) is 4.32. The Hall–Kier alpha value is -2.71. The van der Waals surface area contributed by atoms with E-state index in [4.69, 9.17) is 9.47 Å². The first kappa shape index (κ1) is 20.0. The number of aromatic carboxylic acids is 1. The summed E-state index contributed by atoms with van der Waals surface area (Å²) in [5.74, 6) is 0.254. The number of aryl methyl sites for hydroxylation is 1. The molecule has 8 heteroatoms. The largest absolute Gasteiger partial charge is 0.494 e. The molecule has 0 radical (unpaired) electrons. The van der Waals surface area contributed by atoms with E-state index in [1.165, 1.54) is 16.7 Å². The third-order valence-corrected chi connectivity index (χ3v) is 5.19. The highest BCUT2D eigenvalue weighted by atomic mass is 32.1. The first-order valence-corrected chi connectivity index (χ1v) is 9.82. The molecule has 0 aliphatic rings. The van der Waals surface area contributed by atoms with Crippen molar-refractivity contribution >= 4 is 27.5 Å². The van der Waals surface area contributed by atoms with Crippen molar-refractivity contribution in [1.82, 2.24) is 9.55 Å². The van der Waals surface area contributed by atoms with Crippen LogP contribution in [0.4, 0.5) is 0 Å². The van der Waals surface area contributed by atoms with Crippen molar-refractivity contribution in [1.29, 1.82) is 0 Å². The number of benzene rings is 1. The molecule has 3 aromatic rings. The van der Waals surface area contributed by atoms with Gasteiger partial charge in [-0.3, -0.25) is 9.36 Å². The van der Waals surface area contributed by atoms with Gasteiger partial charge in [-0.05, 0) is 31.0 Å². The Morgan fingerprint density at radius 2 is 2.14 bits per heavy atom. The van der Waals surface area contributed by atoms with Crippen molar-refractivity contribution < 1.29 is 19.4 Å². The first-order chi connectivity index (χ1) is 13.5. The van der Waals surface area contributed by atoms with Crippen molar-refractivity contribution in [3.63, 3.8) is 0 Å². The molecule has 3 rings (SSSR count). The van der Waals surface area contributed by atoms with Gasteiger partial charge in [-0.2, -0.15) is 0 Å². The minimum Gasteiger partial charge on any atom is -0.494 e. The fourth-order valence-electron chi connectivity index (χ4n) is 2.96. The number of carboxylic acid groups (broad SMARTS) is 1. The highest BCUT2D eigenvalue weighted by molar-refractivity contribution is 7.17. The lowest BCUT2D eigenvalue weighted by Gasteiger charge is -2.13. The number of hydrogen-bond donors (Lipinski definition) is 1. The second-order valence-corrected chi connectivity index (χ2v) is 7.24. The maximum Gasteiger partial charge on any atom is 0.337 e. The first-order valence-electron chi connectivity index (χ1n) is 8.94. The summed E-state index contributed by atoms with van der Waals surface area (Å²) in [4.78, 5) is 29.4. The Labute approximate surface area is 166 Å². The molecule has 28 heavy (non-hydrogen) atoms. The van der Waals surface area contributed by atoms with Crippen molar-refractivity contribution in [3.8, 4) is 5.75 Å². The van der Waals surface area contributed by atoms with Crippen LogP contribution in [0.2, 0.25) is 0 Å². The minimum atomic E-state index is -1.12. The molecule has 0 fully saturated rings. The van der Waals surface area contributed by atoms with Gasteiger partial charge in [0.15, 0.2) is 0 Å². The molecule has 0 atom stereocenters. The van der Waals surface area contributed by atoms with Crippen LogP contribution in [0.3, 0.4) is 0 Å².